The highest BCUT2D eigenvalue weighted by Crippen LogP contribution is 2.24. The molecule has 0 radical (unpaired) electrons. The van der Waals surface area contributed by atoms with Crippen LogP contribution in [-0.2, 0) is 22.6 Å². The van der Waals surface area contributed by atoms with E-state index in [4.69, 9.17) is 23.2 Å². The Morgan fingerprint density at radius 1 is 1.07 bits per heavy atom. The standard InChI is InChI=1S/C23H28Cl2N2O2/c1-4-12-26-23(29)21(5-2)27(15-17-10-11-19(24)20(25)13-17)22(28)14-18-9-7-6-8-16(18)3/h6-11,13,21H,4-5,12,14-15H2,1-3H3,(H,26,29)/t21-/m0/s1. The van der Waals surface area contributed by atoms with Gasteiger partial charge in [-0.2, -0.15) is 0 Å². The van der Waals surface area contributed by atoms with Crippen LogP contribution in [0.4, 0.5) is 0 Å². The number of halogens is 2. The van der Waals surface area contributed by atoms with E-state index in [0.717, 1.165) is 23.1 Å². The number of nitrogens with one attached hydrogen (secondary N) is 1. The van der Waals surface area contributed by atoms with Gasteiger partial charge < -0.3 is 10.2 Å². The van der Waals surface area contributed by atoms with Gasteiger partial charge in [-0.05, 0) is 48.6 Å². The molecule has 6 heteroatoms. The monoisotopic (exact) mass is 434 g/mol. The molecule has 2 rings (SSSR count). The van der Waals surface area contributed by atoms with Crippen molar-refractivity contribution in [1.29, 1.82) is 0 Å². The Balaban J connectivity index is 2.32. The lowest BCUT2D eigenvalue weighted by Crippen LogP contribution is -2.49. The smallest absolute Gasteiger partial charge is 0.242 e. The van der Waals surface area contributed by atoms with Crippen molar-refractivity contribution in [2.75, 3.05) is 6.54 Å². The summed E-state index contributed by atoms with van der Waals surface area (Å²) >= 11 is 12.2. The Hall–Kier alpha value is -2.04. The van der Waals surface area contributed by atoms with E-state index in [0.29, 0.717) is 29.6 Å². The molecule has 0 heterocycles. The molecule has 0 aliphatic carbocycles. The van der Waals surface area contributed by atoms with Gasteiger partial charge in [0.2, 0.25) is 11.8 Å². The molecule has 2 aromatic carbocycles. The van der Waals surface area contributed by atoms with Gasteiger partial charge in [-0.3, -0.25) is 9.59 Å². The van der Waals surface area contributed by atoms with Gasteiger partial charge in [-0.15, -0.1) is 0 Å². The van der Waals surface area contributed by atoms with Crippen molar-refractivity contribution in [3.05, 3.63) is 69.2 Å². The molecular weight excluding hydrogens is 407 g/mol. The van der Waals surface area contributed by atoms with E-state index < -0.39 is 6.04 Å². The van der Waals surface area contributed by atoms with Gasteiger partial charge in [0, 0.05) is 13.1 Å². The second-order valence-electron chi connectivity index (χ2n) is 7.09. The van der Waals surface area contributed by atoms with Gasteiger partial charge >= 0.3 is 0 Å². The summed E-state index contributed by atoms with van der Waals surface area (Å²) in [5.74, 6) is -0.226. The van der Waals surface area contributed by atoms with Gasteiger partial charge in [-0.25, -0.2) is 0 Å². The number of rotatable bonds is 9. The fourth-order valence-corrected chi connectivity index (χ4v) is 3.51. The van der Waals surface area contributed by atoms with Crippen LogP contribution in [0.15, 0.2) is 42.5 Å². The molecule has 0 aromatic heterocycles. The number of nitrogens with zero attached hydrogens (tertiary/aromatic N) is 1. The molecule has 156 valence electrons. The molecule has 1 N–H and O–H groups in total. The summed E-state index contributed by atoms with van der Waals surface area (Å²) in [4.78, 5) is 27.7. The minimum Gasteiger partial charge on any atom is -0.354 e. The largest absolute Gasteiger partial charge is 0.354 e. The van der Waals surface area contributed by atoms with Crippen molar-refractivity contribution in [1.82, 2.24) is 10.2 Å². The quantitative estimate of drug-likeness (QED) is 0.590. The number of carbonyl (C=O) groups is 2. The first-order chi connectivity index (χ1) is 13.9. The van der Waals surface area contributed by atoms with E-state index in [1.807, 2.05) is 51.1 Å². The van der Waals surface area contributed by atoms with Crippen molar-refractivity contribution in [3.63, 3.8) is 0 Å². The normalized spacial score (nSPS) is 11.8. The number of aryl methyl sites for hydroxylation is 1. The van der Waals surface area contributed by atoms with Crippen molar-refractivity contribution in [2.45, 2.75) is 52.6 Å². The molecule has 2 aromatic rings. The van der Waals surface area contributed by atoms with E-state index in [1.165, 1.54) is 0 Å². The Kier molecular flexibility index (Phi) is 8.99. The van der Waals surface area contributed by atoms with Gasteiger partial charge in [0.15, 0.2) is 0 Å². The number of benzene rings is 2. The van der Waals surface area contributed by atoms with Crippen LogP contribution in [0.1, 0.15) is 43.4 Å². The number of carbonyl (C=O) groups excluding carboxylic acids is 2. The third-order valence-electron chi connectivity index (χ3n) is 4.88. The molecule has 0 unspecified atom stereocenters. The van der Waals surface area contributed by atoms with E-state index in [9.17, 15) is 9.59 Å². The average Bonchev–Trinajstić information content (AvgIpc) is 2.70. The molecule has 0 saturated carbocycles. The van der Waals surface area contributed by atoms with Gasteiger partial charge in [-0.1, -0.05) is 67.4 Å². The molecule has 0 fully saturated rings. The first kappa shape index (κ1) is 23.2. The van der Waals surface area contributed by atoms with Gasteiger partial charge in [0.05, 0.1) is 16.5 Å². The van der Waals surface area contributed by atoms with Crippen molar-refractivity contribution >= 4 is 35.0 Å². The van der Waals surface area contributed by atoms with Crippen LogP contribution < -0.4 is 5.32 Å². The highest BCUT2D eigenvalue weighted by molar-refractivity contribution is 6.42. The lowest BCUT2D eigenvalue weighted by molar-refractivity contribution is -0.140. The Morgan fingerprint density at radius 3 is 2.41 bits per heavy atom. The summed E-state index contributed by atoms with van der Waals surface area (Å²) in [5, 5.41) is 3.81. The zero-order valence-electron chi connectivity index (χ0n) is 17.2. The van der Waals surface area contributed by atoms with Crippen LogP contribution in [-0.4, -0.2) is 29.3 Å². The maximum Gasteiger partial charge on any atom is 0.242 e. The molecule has 0 spiro atoms. The summed E-state index contributed by atoms with van der Waals surface area (Å²) in [6.45, 7) is 6.77. The van der Waals surface area contributed by atoms with Crippen LogP contribution in [0.2, 0.25) is 10.0 Å². The highest BCUT2D eigenvalue weighted by atomic mass is 35.5. The van der Waals surface area contributed by atoms with Crippen LogP contribution >= 0.6 is 23.2 Å². The topological polar surface area (TPSA) is 49.4 Å². The minimum atomic E-state index is -0.549. The molecule has 0 aliphatic rings. The SMILES string of the molecule is CCCNC(=O)[C@H](CC)N(Cc1ccc(Cl)c(Cl)c1)C(=O)Cc1ccccc1C. The summed E-state index contributed by atoms with van der Waals surface area (Å²) in [6.07, 6.45) is 1.61. The highest BCUT2D eigenvalue weighted by Gasteiger charge is 2.28. The lowest BCUT2D eigenvalue weighted by atomic mass is 10.0. The number of hydrogen-bond acceptors (Lipinski definition) is 2. The predicted molar refractivity (Wildman–Crippen MR) is 119 cm³/mol. The number of amides is 2. The molecular formula is C23H28Cl2N2O2. The molecule has 0 aliphatic heterocycles. The van der Waals surface area contributed by atoms with Crippen LogP contribution in [0.3, 0.4) is 0 Å². The van der Waals surface area contributed by atoms with E-state index >= 15 is 0 Å². The Morgan fingerprint density at radius 2 is 1.79 bits per heavy atom. The molecule has 2 amide bonds. The van der Waals surface area contributed by atoms with Gasteiger partial charge in [0.1, 0.15) is 6.04 Å². The van der Waals surface area contributed by atoms with Crippen LogP contribution in [0.25, 0.3) is 0 Å². The third-order valence-corrected chi connectivity index (χ3v) is 5.61. The fraction of sp³-hybridized carbons (Fsp3) is 0.391. The average molecular weight is 435 g/mol. The Bertz CT molecular complexity index is 855. The molecule has 29 heavy (non-hydrogen) atoms. The summed E-state index contributed by atoms with van der Waals surface area (Å²) in [6, 6.07) is 12.5. The van der Waals surface area contributed by atoms with Crippen molar-refractivity contribution in [3.8, 4) is 0 Å². The van der Waals surface area contributed by atoms with E-state index in [2.05, 4.69) is 5.32 Å². The van der Waals surface area contributed by atoms with Crippen LogP contribution in [0.5, 0.6) is 0 Å². The maximum atomic E-state index is 13.3. The van der Waals surface area contributed by atoms with Gasteiger partial charge in [0.25, 0.3) is 0 Å². The summed E-state index contributed by atoms with van der Waals surface area (Å²) in [7, 11) is 0. The Labute approximate surface area is 183 Å². The summed E-state index contributed by atoms with van der Waals surface area (Å²) < 4.78 is 0. The zero-order valence-corrected chi connectivity index (χ0v) is 18.7. The van der Waals surface area contributed by atoms with E-state index in [1.54, 1.807) is 17.0 Å². The zero-order chi connectivity index (χ0) is 21.4. The summed E-state index contributed by atoms with van der Waals surface area (Å²) in [5.41, 5.74) is 2.85. The second kappa shape index (κ2) is 11.2. The predicted octanol–water partition coefficient (Wildman–Crippen LogP) is 5.18. The molecule has 4 nitrogen and oxygen atoms in total. The van der Waals surface area contributed by atoms with Crippen molar-refractivity contribution < 1.29 is 9.59 Å². The fourth-order valence-electron chi connectivity index (χ4n) is 3.19. The first-order valence-electron chi connectivity index (χ1n) is 9.92. The lowest BCUT2D eigenvalue weighted by Gasteiger charge is -2.31. The maximum absolute atomic E-state index is 13.3. The second-order valence-corrected chi connectivity index (χ2v) is 7.90. The first-order valence-corrected chi connectivity index (χ1v) is 10.7. The van der Waals surface area contributed by atoms with Crippen molar-refractivity contribution in [2.24, 2.45) is 0 Å². The van der Waals surface area contributed by atoms with Crippen LogP contribution in [0, 0.1) is 6.92 Å². The third kappa shape index (κ3) is 6.48. The van der Waals surface area contributed by atoms with E-state index in [-0.39, 0.29) is 18.2 Å². The molecule has 1 atom stereocenters. The molecule has 0 saturated heterocycles. The number of hydrogen-bond donors (Lipinski definition) is 1. The minimum absolute atomic E-state index is 0.0936. The molecule has 0 bridgehead atoms.